The summed E-state index contributed by atoms with van der Waals surface area (Å²) in [6.07, 6.45) is 5.07. The van der Waals surface area contributed by atoms with E-state index in [0.29, 0.717) is 5.56 Å². The van der Waals surface area contributed by atoms with Crippen molar-refractivity contribution in [3.63, 3.8) is 0 Å². The van der Waals surface area contributed by atoms with Crippen LogP contribution in [0.5, 0.6) is 0 Å². The number of aromatic nitrogens is 2. The number of nitrogens with one attached hydrogen (secondary N) is 1. The molecule has 0 amide bonds. The summed E-state index contributed by atoms with van der Waals surface area (Å²) in [5.41, 5.74) is 1.46. The Balaban J connectivity index is 2.17. The molecule has 1 N–H and O–H groups in total. The smallest absolute Gasteiger partial charge is 0.312 e. The lowest BCUT2D eigenvalue weighted by molar-refractivity contribution is -0.384. The molecule has 3 atom stereocenters. The molecule has 0 aliphatic carbocycles. The van der Waals surface area contributed by atoms with Gasteiger partial charge in [0.2, 0.25) is 0 Å². The number of nitro benzene ring substituents is 1. The highest BCUT2D eigenvalue weighted by molar-refractivity contribution is 5.77. The number of carbonyl (C=O) groups is 1. The molecule has 0 saturated carbocycles. The summed E-state index contributed by atoms with van der Waals surface area (Å²) >= 11 is 0. The fourth-order valence-corrected chi connectivity index (χ4v) is 3.75. The van der Waals surface area contributed by atoms with Gasteiger partial charge in [-0.3, -0.25) is 14.9 Å². The third kappa shape index (κ3) is 3.38. The predicted molar refractivity (Wildman–Crippen MR) is 97.6 cm³/mol. The third-order valence-electron chi connectivity index (χ3n) is 4.97. The Hall–Kier alpha value is -3.29. The first kappa shape index (κ1) is 18.5. The molecule has 3 unspecified atom stereocenters. The van der Waals surface area contributed by atoms with Crippen LogP contribution in [0.1, 0.15) is 30.9 Å². The van der Waals surface area contributed by atoms with E-state index in [-0.39, 0.29) is 5.69 Å². The standard InChI is InChI=1S/C19H20N4O4/c1-12-9-16(13-5-4-6-15(10-13)23(25)26)17(18(24)27-3)19(2,22-12)14-7-8-20-21-11-14/h4-11,16-17,22H,1-3H3. The fourth-order valence-electron chi connectivity index (χ4n) is 3.75. The molecule has 0 fully saturated rings. The minimum Gasteiger partial charge on any atom is -0.469 e. The minimum absolute atomic E-state index is 0.0204. The van der Waals surface area contributed by atoms with Crippen LogP contribution in [0.2, 0.25) is 0 Å². The molecule has 140 valence electrons. The molecule has 0 saturated heterocycles. The van der Waals surface area contributed by atoms with Gasteiger partial charge in [-0.25, -0.2) is 0 Å². The summed E-state index contributed by atoms with van der Waals surface area (Å²) in [4.78, 5) is 23.6. The number of carbonyl (C=O) groups excluding carboxylic acids is 1. The molecule has 1 aromatic heterocycles. The lowest BCUT2D eigenvalue weighted by Gasteiger charge is -2.44. The highest BCUT2D eigenvalue weighted by atomic mass is 16.6. The van der Waals surface area contributed by atoms with Crippen LogP contribution in [0.4, 0.5) is 5.69 Å². The van der Waals surface area contributed by atoms with Crippen molar-refractivity contribution in [1.82, 2.24) is 15.5 Å². The summed E-state index contributed by atoms with van der Waals surface area (Å²) in [5, 5.41) is 22.3. The van der Waals surface area contributed by atoms with Gasteiger partial charge < -0.3 is 10.1 Å². The second-order valence-electron chi connectivity index (χ2n) is 6.69. The second kappa shape index (κ2) is 7.14. The number of ether oxygens (including phenoxy) is 1. The van der Waals surface area contributed by atoms with Crippen molar-refractivity contribution in [2.75, 3.05) is 7.11 Å². The Morgan fingerprint density at radius 1 is 1.33 bits per heavy atom. The normalized spacial score (nSPS) is 24.5. The maximum atomic E-state index is 12.8. The Bertz CT molecular complexity index is 900. The van der Waals surface area contributed by atoms with Crippen LogP contribution >= 0.6 is 0 Å². The topological polar surface area (TPSA) is 107 Å². The van der Waals surface area contributed by atoms with E-state index in [1.807, 2.05) is 19.9 Å². The zero-order valence-corrected chi connectivity index (χ0v) is 15.2. The van der Waals surface area contributed by atoms with Crippen molar-refractivity contribution in [3.05, 3.63) is 75.7 Å². The van der Waals surface area contributed by atoms with Crippen molar-refractivity contribution in [2.24, 2.45) is 5.92 Å². The number of esters is 1. The summed E-state index contributed by atoms with van der Waals surface area (Å²) in [6.45, 7) is 3.79. The highest BCUT2D eigenvalue weighted by Gasteiger charge is 2.48. The number of hydrogen-bond acceptors (Lipinski definition) is 7. The monoisotopic (exact) mass is 368 g/mol. The van der Waals surface area contributed by atoms with E-state index < -0.39 is 28.3 Å². The lowest BCUT2D eigenvalue weighted by Crippen LogP contribution is -2.53. The number of hydrogen-bond donors (Lipinski definition) is 1. The van der Waals surface area contributed by atoms with Gasteiger partial charge in [-0.05, 0) is 31.0 Å². The molecular formula is C19H20N4O4. The van der Waals surface area contributed by atoms with Crippen molar-refractivity contribution >= 4 is 11.7 Å². The first-order chi connectivity index (χ1) is 12.9. The first-order valence-electron chi connectivity index (χ1n) is 8.43. The van der Waals surface area contributed by atoms with Crippen LogP contribution in [0.25, 0.3) is 0 Å². The fraction of sp³-hybridized carbons (Fsp3) is 0.316. The Labute approximate surface area is 156 Å². The molecule has 1 aliphatic rings. The van der Waals surface area contributed by atoms with Crippen LogP contribution in [-0.4, -0.2) is 28.2 Å². The molecule has 2 aromatic rings. The molecule has 3 rings (SSSR count). The zero-order chi connectivity index (χ0) is 19.6. The predicted octanol–water partition coefficient (Wildman–Crippen LogP) is 2.68. The van der Waals surface area contributed by atoms with E-state index in [4.69, 9.17) is 4.74 Å². The SMILES string of the molecule is COC(=O)C1C(c2cccc([N+](=O)[O-])c2)C=C(C)NC1(C)c1ccnnc1. The molecule has 8 heteroatoms. The molecule has 2 heterocycles. The molecule has 27 heavy (non-hydrogen) atoms. The largest absolute Gasteiger partial charge is 0.469 e. The van der Waals surface area contributed by atoms with Gasteiger partial charge in [0.15, 0.2) is 0 Å². The molecule has 8 nitrogen and oxygen atoms in total. The van der Waals surface area contributed by atoms with Crippen LogP contribution in [0.3, 0.4) is 0 Å². The summed E-state index contributed by atoms with van der Waals surface area (Å²) < 4.78 is 5.09. The van der Waals surface area contributed by atoms with E-state index in [0.717, 1.165) is 11.3 Å². The van der Waals surface area contributed by atoms with Gasteiger partial charge in [-0.15, -0.1) is 0 Å². The second-order valence-corrected chi connectivity index (χ2v) is 6.69. The first-order valence-corrected chi connectivity index (χ1v) is 8.43. The quantitative estimate of drug-likeness (QED) is 0.502. The number of allylic oxidation sites excluding steroid dienone is 2. The zero-order valence-electron chi connectivity index (χ0n) is 15.2. The Morgan fingerprint density at radius 2 is 2.11 bits per heavy atom. The van der Waals surface area contributed by atoms with Gasteiger partial charge in [0, 0.05) is 29.9 Å². The molecule has 1 aliphatic heterocycles. The van der Waals surface area contributed by atoms with Crippen LogP contribution in [0.15, 0.2) is 54.5 Å². The Morgan fingerprint density at radius 3 is 2.74 bits per heavy atom. The molecule has 0 radical (unpaired) electrons. The summed E-state index contributed by atoms with van der Waals surface area (Å²) in [7, 11) is 1.34. The third-order valence-corrected chi connectivity index (χ3v) is 4.97. The van der Waals surface area contributed by atoms with Gasteiger partial charge in [-0.2, -0.15) is 10.2 Å². The minimum atomic E-state index is -0.822. The van der Waals surface area contributed by atoms with Gasteiger partial charge >= 0.3 is 5.97 Å². The van der Waals surface area contributed by atoms with E-state index in [9.17, 15) is 14.9 Å². The number of nitrogens with zero attached hydrogens (tertiary/aromatic N) is 3. The van der Waals surface area contributed by atoms with Gasteiger partial charge in [0.05, 0.1) is 29.7 Å². The van der Waals surface area contributed by atoms with Crippen molar-refractivity contribution in [1.29, 1.82) is 0 Å². The number of nitro groups is 1. The lowest BCUT2D eigenvalue weighted by atomic mass is 9.68. The van der Waals surface area contributed by atoms with Gasteiger partial charge in [0.25, 0.3) is 5.69 Å². The number of non-ortho nitro benzene ring substituents is 1. The van der Waals surface area contributed by atoms with E-state index in [1.165, 1.54) is 19.2 Å². The maximum Gasteiger partial charge on any atom is 0.312 e. The molecule has 1 aromatic carbocycles. The van der Waals surface area contributed by atoms with Gasteiger partial charge in [-0.1, -0.05) is 18.2 Å². The van der Waals surface area contributed by atoms with Crippen molar-refractivity contribution in [3.8, 4) is 0 Å². The Kier molecular flexibility index (Phi) is 4.89. The van der Waals surface area contributed by atoms with Crippen LogP contribution < -0.4 is 5.32 Å². The average Bonchev–Trinajstić information content (AvgIpc) is 2.67. The number of methoxy groups -OCH3 is 1. The highest BCUT2D eigenvalue weighted by Crippen LogP contribution is 2.44. The molecular weight excluding hydrogens is 348 g/mol. The van der Waals surface area contributed by atoms with E-state index >= 15 is 0 Å². The van der Waals surface area contributed by atoms with Crippen LogP contribution in [-0.2, 0) is 15.1 Å². The van der Waals surface area contributed by atoms with Crippen molar-refractivity contribution < 1.29 is 14.5 Å². The van der Waals surface area contributed by atoms with E-state index in [2.05, 4.69) is 15.5 Å². The van der Waals surface area contributed by atoms with E-state index in [1.54, 1.807) is 30.6 Å². The number of benzene rings is 1. The average molecular weight is 368 g/mol. The molecule has 0 bridgehead atoms. The van der Waals surface area contributed by atoms with Gasteiger partial charge in [0.1, 0.15) is 0 Å². The summed E-state index contributed by atoms with van der Waals surface area (Å²) in [6, 6.07) is 8.13. The van der Waals surface area contributed by atoms with Crippen LogP contribution in [0, 0.1) is 16.0 Å². The maximum absolute atomic E-state index is 12.8. The number of rotatable bonds is 4. The van der Waals surface area contributed by atoms with Crippen molar-refractivity contribution in [2.45, 2.75) is 25.3 Å². The molecule has 0 spiro atoms. The summed E-state index contributed by atoms with van der Waals surface area (Å²) in [5.74, 6) is -1.48.